The van der Waals surface area contributed by atoms with Crippen LogP contribution in [0.25, 0.3) is 0 Å². The number of amides is 2. The van der Waals surface area contributed by atoms with Crippen molar-refractivity contribution in [3.8, 4) is 0 Å². The summed E-state index contributed by atoms with van der Waals surface area (Å²) in [5.74, 6) is -0.857. The van der Waals surface area contributed by atoms with Gasteiger partial charge in [-0.25, -0.2) is 4.98 Å². The molecule has 0 atom stereocenters. The molecule has 0 spiro atoms. The minimum Gasteiger partial charge on any atom is -0.272 e. The second kappa shape index (κ2) is 7.90. The molecule has 2 N–H and O–H groups in total. The summed E-state index contributed by atoms with van der Waals surface area (Å²) in [4.78, 5) is 37.4. The van der Waals surface area contributed by atoms with Gasteiger partial charge in [-0.3, -0.25) is 30.6 Å². The number of benzene rings is 1. The second-order valence-corrected chi connectivity index (χ2v) is 5.26. The molecular formula is C14H12N4O4S. The smallest absolute Gasteiger partial charge is 0.269 e. The third kappa shape index (κ3) is 5.08. The largest absolute Gasteiger partial charge is 0.272 e. The van der Waals surface area contributed by atoms with E-state index in [0.29, 0.717) is 5.03 Å². The van der Waals surface area contributed by atoms with Crippen LogP contribution in [0.15, 0.2) is 53.7 Å². The molecule has 0 unspecified atom stereocenters. The Morgan fingerprint density at radius 2 is 1.87 bits per heavy atom. The van der Waals surface area contributed by atoms with E-state index in [0.717, 1.165) is 0 Å². The van der Waals surface area contributed by atoms with Gasteiger partial charge in [-0.1, -0.05) is 17.8 Å². The number of rotatable bonds is 5. The number of nitrogens with zero attached hydrogens (tertiary/aromatic N) is 2. The first-order valence-corrected chi connectivity index (χ1v) is 7.42. The number of hydrazine groups is 1. The molecule has 1 aromatic heterocycles. The molecule has 23 heavy (non-hydrogen) atoms. The minimum absolute atomic E-state index is 0.0948. The number of nitrogens with one attached hydrogen (secondary N) is 2. The van der Waals surface area contributed by atoms with E-state index in [1.165, 1.54) is 36.0 Å². The van der Waals surface area contributed by atoms with E-state index in [9.17, 15) is 19.7 Å². The number of nitro groups is 1. The lowest BCUT2D eigenvalue weighted by atomic mass is 10.2. The van der Waals surface area contributed by atoms with Crippen molar-refractivity contribution in [3.05, 3.63) is 64.3 Å². The van der Waals surface area contributed by atoms with Gasteiger partial charge in [0.05, 0.1) is 15.7 Å². The summed E-state index contributed by atoms with van der Waals surface area (Å²) < 4.78 is 0. The SMILES string of the molecule is O=C(CSc1ccccn1)NNC(=O)c1ccc([N+](=O)[O-])cc1. The van der Waals surface area contributed by atoms with Gasteiger partial charge in [0.1, 0.15) is 0 Å². The Balaban J connectivity index is 1.79. The molecule has 0 aliphatic heterocycles. The van der Waals surface area contributed by atoms with Gasteiger partial charge >= 0.3 is 0 Å². The number of nitro benzene ring substituents is 1. The number of carbonyl (C=O) groups is 2. The Morgan fingerprint density at radius 3 is 2.48 bits per heavy atom. The van der Waals surface area contributed by atoms with Gasteiger partial charge in [-0.2, -0.15) is 0 Å². The molecule has 118 valence electrons. The maximum Gasteiger partial charge on any atom is 0.269 e. The summed E-state index contributed by atoms with van der Waals surface area (Å²) in [7, 11) is 0. The van der Waals surface area contributed by atoms with Gasteiger partial charge in [0, 0.05) is 23.9 Å². The zero-order chi connectivity index (χ0) is 16.7. The lowest BCUT2D eigenvalue weighted by Gasteiger charge is -2.07. The van der Waals surface area contributed by atoms with Gasteiger partial charge in [0.15, 0.2) is 0 Å². The molecule has 2 rings (SSSR count). The number of thioether (sulfide) groups is 1. The molecule has 1 aromatic carbocycles. The van der Waals surface area contributed by atoms with Crippen molar-refractivity contribution in [1.29, 1.82) is 0 Å². The monoisotopic (exact) mass is 332 g/mol. The van der Waals surface area contributed by atoms with Crippen LogP contribution in [-0.2, 0) is 4.79 Å². The van der Waals surface area contributed by atoms with Crippen LogP contribution in [0.4, 0.5) is 5.69 Å². The minimum atomic E-state index is -0.559. The van der Waals surface area contributed by atoms with E-state index in [2.05, 4.69) is 15.8 Å². The highest BCUT2D eigenvalue weighted by Gasteiger charge is 2.10. The van der Waals surface area contributed by atoms with E-state index in [4.69, 9.17) is 0 Å². The number of hydrogen-bond acceptors (Lipinski definition) is 6. The highest BCUT2D eigenvalue weighted by molar-refractivity contribution is 7.99. The van der Waals surface area contributed by atoms with Crippen LogP contribution in [0.5, 0.6) is 0 Å². The predicted molar refractivity (Wildman–Crippen MR) is 83.7 cm³/mol. The fourth-order valence-corrected chi connectivity index (χ4v) is 2.20. The van der Waals surface area contributed by atoms with Gasteiger partial charge in [0.25, 0.3) is 11.6 Å². The lowest BCUT2D eigenvalue weighted by molar-refractivity contribution is -0.384. The molecule has 8 nitrogen and oxygen atoms in total. The van der Waals surface area contributed by atoms with Crippen molar-refractivity contribution in [2.75, 3.05) is 5.75 Å². The molecule has 2 aromatic rings. The van der Waals surface area contributed by atoms with E-state index >= 15 is 0 Å². The van der Waals surface area contributed by atoms with Crippen LogP contribution < -0.4 is 10.9 Å². The van der Waals surface area contributed by atoms with Crippen LogP contribution >= 0.6 is 11.8 Å². The Morgan fingerprint density at radius 1 is 1.13 bits per heavy atom. The first-order chi connectivity index (χ1) is 11.1. The molecule has 2 amide bonds. The van der Waals surface area contributed by atoms with Crippen molar-refractivity contribution < 1.29 is 14.5 Å². The Bertz CT molecular complexity index is 706. The molecule has 0 fully saturated rings. The number of aromatic nitrogens is 1. The summed E-state index contributed by atoms with van der Waals surface area (Å²) in [5.41, 5.74) is 4.60. The zero-order valence-corrected chi connectivity index (χ0v) is 12.6. The lowest BCUT2D eigenvalue weighted by Crippen LogP contribution is -2.42. The second-order valence-electron chi connectivity index (χ2n) is 4.26. The van der Waals surface area contributed by atoms with Crippen molar-refractivity contribution in [1.82, 2.24) is 15.8 Å². The van der Waals surface area contributed by atoms with Crippen molar-refractivity contribution in [2.45, 2.75) is 5.03 Å². The molecule has 0 bridgehead atoms. The molecule has 0 saturated heterocycles. The van der Waals surface area contributed by atoms with E-state index < -0.39 is 16.7 Å². The molecule has 0 aliphatic rings. The molecular weight excluding hydrogens is 320 g/mol. The van der Waals surface area contributed by atoms with Crippen LogP contribution in [-0.4, -0.2) is 27.5 Å². The number of hydrogen-bond donors (Lipinski definition) is 2. The summed E-state index contributed by atoms with van der Waals surface area (Å²) in [6, 6.07) is 10.4. The molecule has 1 heterocycles. The van der Waals surface area contributed by atoms with Crippen LogP contribution in [0.2, 0.25) is 0 Å². The number of pyridine rings is 1. The highest BCUT2D eigenvalue weighted by atomic mass is 32.2. The van der Waals surface area contributed by atoms with Crippen LogP contribution in [0, 0.1) is 10.1 Å². The van der Waals surface area contributed by atoms with Crippen molar-refractivity contribution in [2.24, 2.45) is 0 Å². The topological polar surface area (TPSA) is 114 Å². The van der Waals surface area contributed by atoms with Gasteiger partial charge in [0.2, 0.25) is 5.91 Å². The fraction of sp³-hybridized carbons (Fsp3) is 0.0714. The maximum absolute atomic E-state index is 11.8. The average molecular weight is 332 g/mol. The zero-order valence-electron chi connectivity index (χ0n) is 11.8. The molecule has 9 heteroatoms. The molecule has 0 saturated carbocycles. The Hall–Kier alpha value is -2.94. The van der Waals surface area contributed by atoms with E-state index in [1.807, 2.05) is 6.07 Å². The predicted octanol–water partition coefficient (Wildman–Crippen LogP) is 1.54. The third-order valence-electron chi connectivity index (χ3n) is 2.64. The van der Waals surface area contributed by atoms with Gasteiger partial charge in [-0.05, 0) is 24.3 Å². The van der Waals surface area contributed by atoms with Crippen molar-refractivity contribution >= 4 is 29.3 Å². The summed E-state index contributed by atoms with van der Waals surface area (Å²) in [6.07, 6.45) is 1.62. The van der Waals surface area contributed by atoms with Gasteiger partial charge in [-0.15, -0.1) is 0 Å². The molecule has 0 radical (unpaired) electrons. The quantitative estimate of drug-likeness (QED) is 0.488. The standard InChI is InChI=1S/C14H12N4O4S/c19-12(9-23-13-3-1-2-8-15-13)16-17-14(20)10-4-6-11(7-5-10)18(21)22/h1-8H,9H2,(H,16,19)(H,17,20). The van der Waals surface area contributed by atoms with Crippen molar-refractivity contribution in [3.63, 3.8) is 0 Å². The average Bonchev–Trinajstić information content (AvgIpc) is 2.58. The first-order valence-electron chi connectivity index (χ1n) is 6.44. The Labute approximate surface area is 135 Å². The first kappa shape index (κ1) is 16.4. The summed E-state index contributed by atoms with van der Waals surface area (Å²) in [6.45, 7) is 0. The van der Waals surface area contributed by atoms with Gasteiger partial charge < -0.3 is 0 Å². The van der Waals surface area contributed by atoms with E-state index in [1.54, 1.807) is 18.3 Å². The highest BCUT2D eigenvalue weighted by Crippen LogP contribution is 2.13. The summed E-state index contributed by atoms with van der Waals surface area (Å²) in [5, 5.41) is 11.2. The van der Waals surface area contributed by atoms with E-state index in [-0.39, 0.29) is 17.0 Å². The molecule has 0 aliphatic carbocycles. The Kier molecular flexibility index (Phi) is 5.64. The van der Waals surface area contributed by atoms with Crippen LogP contribution in [0.3, 0.4) is 0 Å². The summed E-state index contributed by atoms with van der Waals surface area (Å²) >= 11 is 1.23. The number of carbonyl (C=O) groups excluding carboxylic acids is 2. The van der Waals surface area contributed by atoms with Crippen LogP contribution in [0.1, 0.15) is 10.4 Å². The third-order valence-corrected chi connectivity index (χ3v) is 3.59. The fourth-order valence-electron chi connectivity index (χ4n) is 1.54. The normalized spacial score (nSPS) is 9.91. The number of non-ortho nitro benzene ring substituents is 1. The maximum atomic E-state index is 11.8.